The second-order valence-corrected chi connectivity index (χ2v) is 6.17. The van der Waals surface area contributed by atoms with Crippen LogP contribution in [0.1, 0.15) is 28.8 Å². The standard InChI is InChI=1S/C16H16N2O6/c19-12(20)9-3-1-2-8(6-9)4-5-16(11-7-10(11)13(21)22)14(23)17-15(24)18-16/h1-3,6,10-11H,4-5,7H2,(H,19,20)(H,21,22)(H2,17,18,23,24)/t10-,11-,16?/m0/s1. The third-order valence-corrected chi connectivity index (χ3v) is 4.69. The van der Waals surface area contributed by atoms with Crippen LogP contribution in [0.5, 0.6) is 0 Å². The van der Waals surface area contributed by atoms with Crippen molar-refractivity contribution in [3.63, 3.8) is 0 Å². The molecule has 3 atom stereocenters. The van der Waals surface area contributed by atoms with Gasteiger partial charge in [0.2, 0.25) is 0 Å². The average molecular weight is 332 g/mol. The molecule has 2 fully saturated rings. The molecule has 1 saturated heterocycles. The van der Waals surface area contributed by atoms with Gasteiger partial charge in [-0.1, -0.05) is 12.1 Å². The number of hydrogen-bond acceptors (Lipinski definition) is 4. The summed E-state index contributed by atoms with van der Waals surface area (Å²) in [4.78, 5) is 46.0. The molecule has 0 radical (unpaired) electrons. The van der Waals surface area contributed by atoms with E-state index in [0.29, 0.717) is 18.4 Å². The lowest BCUT2D eigenvalue weighted by atomic mass is 9.85. The van der Waals surface area contributed by atoms with E-state index in [1.807, 2.05) is 0 Å². The van der Waals surface area contributed by atoms with Gasteiger partial charge in [0, 0.05) is 5.92 Å². The number of aromatic carboxylic acids is 1. The Kier molecular flexibility index (Phi) is 3.75. The molecular weight excluding hydrogens is 316 g/mol. The summed E-state index contributed by atoms with van der Waals surface area (Å²) < 4.78 is 0. The highest BCUT2D eigenvalue weighted by molar-refractivity contribution is 6.08. The van der Waals surface area contributed by atoms with E-state index in [9.17, 15) is 19.2 Å². The summed E-state index contributed by atoms with van der Waals surface area (Å²) in [5.41, 5.74) is -0.411. The molecule has 4 N–H and O–H groups in total. The SMILES string of the molecule is O=C1NC(=O)C(CCc2cccc(C(=O)O)c2)([C@H]2C[C@@H]2C(=O)O)N1. The zero-order valence-corrected chi connectivity index (χ0v) is 12.6. The van der Waals surface area contributed by atoms with Gasteiger partial charge in [-0.15, -0.1) is 0 Å². The molecule has 1 aliphatic carbocycles. The maximum absolute atomic E-state index is 12.3. The Morgan fingerprint density at radius 3 is 2.54 bits per heavy atom. The fourth-order valence-electron chi connectivity index (χ4n) is 3.34. The van der Waals surface area contributed by atoms with E-state index in [0.717, 1.165) is 0 Å². The molecule has 24 heavy (non-hydrogen) atoms. The topological polar surface area (TPSA) is 133 Å². The van der Waals surface area contributed by atoms with Crippen LogP contribution in [-0.4, -0.2) is 39.6 Å². The van der Waals surface area contributed by atoms with Crippen LogP contribution in [-0.2, 0) is 16.0 Å². The van der Waals surface area contributed by atoms with Crippen molar-refractivity contribution in [3.05, 3.63) is 35.4 Å². The van der Waals surface area contributed by atoms with Gasteiger partial charge in [0.05, 0.1) is 11.5 Å². The van der Waals surface area contributed by atoms with E-state index in [1.165, 1.54) is 12.1 Å². The molecule has 1 aromatic rings. The Hall–Kier alpha value is -2.90. The predicted octanol–water partition coefficient (Wildman–Crippen LogP) is 0.616. The third kappa shape index (κ3) is 2.70. The molecule has 1 aromatic carbocycles. The van der Waals surface area contributed by atoms with E-state index < -0.39 is 41.3 Å². The molecule has 8 nitrogen and oxygen atoms in total. The summed E-state index contributed by atoms with van der Waals surface area (Å²) in [5.74, 6) is -3.66. The minimum atomic E-state index is -1.25. The van der Waals surface area contributed by atoms with Crippen molar-refractivity contribution < 1.29 is 29.4 Å². The number of urea groups is 1. The first-order chi connectivity index (χ1) is 11.3. The molecule has 0 spiro atoms. The van der Waals surface area contributed by atoms with Crippen LogP contribution in [0.3, 0.4) is 0 Å². The first-order valence-electron chi connectivity index (χ1n) is 7.52. The van der Waals surface area contributed by atoms with Crippen LogP contribution in [0.2, 0.25) is 0 Å². The lowest BCUT2D eigenvalue weighted by molar-refractivity contribution is -0.139. The second kappa shape index (κ2) is 5.63. The number of carbonyl (C=O) groups excluding carboxylic acids is 2. The van der Waals surface area contributed by atoms with Gasteiger partial charge in [0.25, 0.3) is 5.91 Å². The fraction of sp³-hybridized carbons (Fsp3) is 0.375. The molecule has 3 amide bonds. The van der Waals surface area contributed by atoms with E-state index in [1.54, 1.807) is 12.1 Å². The van der Waals surface area contributed by atoms with Crippen molar-refractivity contribution in [3.8, 4) is 0 Å². The molecule has 126 valence electrons. The number of aryl methyl sites for hydroxylation is 1. The van der Waals surface area contributed by atoms with Gasteiger partial charge in [0.15, 0.2) is 0 Å². The summed E-state index contributed by atoms with van der Waals surface area (Å²) in [6, 6.07) is 5.68. The van der Waals surface area contributed by atoms with Crippen LogP contribution in [0.25, 0.3) is 0 Å². The molecular formula is C16H16N2O6. The van der Waals surface area contributed by atoms with Gasteiger partial charge in [-0.05, 0) is 37.0 Å². The molecule has 1 heterocycles. The molecule has 1 unspecified atom stereocenters. The summed E-state index contributed by atoms with van der Waals surface area (Å²) >= 11 is 0. The Morgan fingerprint density at radius 2 is 2.00 bits per heavy atom. The monoisotopic (exact) mass is 332 g/mol. The first kappa shape index (κ1) is 16.0. The highest BCUT2D eigenvalue weighted by atomic mass is 16.4. The van der Waals surface area contributed by atoms with Crippen molar-refractivity contribution >= 4 is 23.9 Å². The minimum Gasteiger partial charge on any atom is -0.481 e. The third-order valence-electron chi connectivity index (χ3n) is 4.69. The highest BCUT2D eigenvalue weighted by Gasteiger charge is 2.62. The van der Waals surface area contributed by atoms with Crippen LogP contribution >= 0.6 is 0 Å². The van der Waals surface area contributed by atoms with Gasteiger partial charge in [0.1, 0.15) is 5.54 Å². The van der Waals surface area contributed by atoms with Crippen molar-refractivity contribution in [1.82, 2.24) is 10.6 Å². The Balaban J connectivity index is 1.80. The number of amides is 3. The van der Waals surface area contributed by atoms with Crippen LogP contribution < -0.4 is 10.6 Å². The molecule has 2 aliphatic rings. The van der Waals surface area contributed by atoms with Gasteiger partial charge in [-0.3, -0.25) is 14.9 Å². The van der Waals surface area contributed by atoms with E-state index in [2.05, 4.69) is 10.6 Å². The molecule has 1 saturated carbocycles. The maximum atomic E-state index is 12.3. The molecule has 0 bridgehead atoms. The number of aliphatic carboxylic acids is 1. The number of carboxylic acid groups (broad SMARTS) is 2. The number of rotatable bonds is 6. The zero-order valence-electron chi connectivity index (χ0n) is 12.6. The summed E-state index contributed by atoms with van der Waals surface area (Å²) in [6.45, 7) is 0. The van der Waals surface area contributed by atoms with Crippen LogP contribution in [0.4, 0.5) is 4.79 Å². The van der Waals surface area contributed by atoms with Crippen molar-refractivity contribution in [2.75, 3.05) is 0 Å². The lowest BCUT2D eigenvalue weighted by Crippen LogP contribution is -2.50. The van der Waals surface area contributed by atoms with Gasteiger partial charge < -0.3 is 15.5 Å². The largest absolute Gasteiger partial charge is 0.481 e. The van der Waals surface area contributed by atoms with Crippen molar-refractivity contribution in [2.24, 2.45) is 11.8 Å². The van der Waals surface area contributed by atoms with Crippen LogP contribution in [0, 0.1) is 11.8 Å². The Morgan fingerprint density at radius 1 is 1.25 bits per heavy atom. The van der Waals surface area contributed by atoms with Gasteiger partial charge in [-0.25, -0.2) is 9.59 Å². The van der Waals surface area contributed by atoms with Crippen molar-refractivity contribution in [1.29, 1.82) is 0 Å². The van der Waals surface area contributed by atoms with Crippen molar-refractivity contribution in [2.45, 2.75) is 24.8 Å². The number of benzene rings is 1. The van der Waals surface area contributed by atoms with Gasteiger partial charge in [-0.2, -0.15) is 0 Å². The number of imide groups is 1. The number of nitrogens with one attached hydrogen (secondary N) is 2. The van der Waals surface area contributed by atoms with E-state index >= 15 is 0 Å². The molecule has 0 aromatic heterocycles. The number of carbonyl (C=O) groups is 4. The maximum Gasteiger partial charge on any atom is 0.335 e. The quantitative estimate of drug-likeness (QED) is 0.564. The summed E-state index contributed by atoms with van der Waals surface area (Å²) in [6.07, 6.45) is 0.887. The van der Waals surface area contributed by atoms with Crippen LogP contribution in [0.15, 0.2) is 24.3 Å². The Labute approximate surface area is 136 Å². The summed E-state index contributed by atoms with van der Waals surface area (Å²) in [5, 5.41) is 22.9. The predicted molar refractivity (Wildman–Crippen MR) is 80.4 cm³/mol. The molecule has 1 aliphatic heterocycles. The number of hydrogen-bond donors (Lipinski definition) is 4. The zero-order chi connectivity index (χ0) is 17.5. The average Bonchev–Trinajstić information content (AvgIpc) is 3.27. The highest BCUT2D eigenvalue weighted by Crippen LogP contribution is 2.49. The first-order valence-corrected chi connectivity index (χ1v) is 7.52. The summed E-state index contributed by atoms with van der Waals surface area (Å²) in [7, 11) is 0. The van der Waals surface area contributed by atoms with E-state index in [-0.39, 0.29) is 12.0 Å². The fourth-order valence-corrected chi connectivity index (χ4v) is 3.34. The molecule has 8 heteroatoms. The number of carboxylic acids is 2. The minimum absolute atomic E-state index is 0.135. The Bertz CT molecular complexity index is 746. The smallest absolute Gasteiger partial charge is 0.335 e. The van der Waals surface area contributed by atoms with E-state index in [4.69, 9.17) is 10.2 Å². The second-order valence-electron chi connectivity index (χ2n) is 6.17. The molecule has 3 rings (SSSR count). The normalized spacial score (nSPS) is 28.2. The van der Waals surface area contributed by atoms with Gasteiger partial charge >= 0.3 is 18.0 Å². The lowest BCUT2D eigenvalue weighted by Gasteiger charge is -2.26.